The van der Waals surface area contributed by atoms with Gasteiger partial charge in [-0.15, -0.1) is 0 Å². The molecule has 3 heteroatoms. The molecule has 1 aromatic carbocycles. The average Bonchev–Trinajstić information content (AvgIpc) is 2.13. The second kappa shape index (κ2) is 5.16. The van der Waals surface area contributed by atoms with E-state index in [1.165, 1.54) is 6.07 Å². The highest BCUT2D eigenvalue weighted by molar-refractivity contribution is 9.09. The van der Waals surface area contributed by atoms with Crippen LogP contribution in [0.2, 0.25) is 5.02 Å². The van der Waals surface area contributed by atoms with Gasteiger partial charge in [0, 0.05) is 17.3 Å². The highest BCUT2D eigenvalue weighted by Crippen LogP contribution is 2.25. The molecule has 0 atom stereocenters. The lowest BCUT2D eigenvalue weighted by Gasteiger charge is -1.97. The maximum atomic E-state index is 9.25. The van der Waals surface area contributed by atoms with Crippen LogP contribution < -0.4 is 0 Å². The summed E-state index contributed by atoms with van der Waals surface area (Å²) in [6, 6.07) is 5.04. The Morgan fingerprint density at radius 1 is 1.46 bits per heavy atom. The lowest BCUT2D eigenvalue weighted by atomic mass is 10.2. The molecule has 1 rings (SSSR count). The molecular formula is C10H8BrClO. The lowest BCUT2D eigenvalue weighted by Crippen LogP contribution is -1.77. The maximum absolute atomic E-state index is 9.25. The van der Waals surface area contributed by atoms with Gasteiger partial charge >= 0.3 is 0 Å². The molecule has 13 heavy (non-hydrogen) atoms. The Morgan fingerprint density at radius 2 is 2.23 bits per heavy atom. The van der Waals surface area contributed by atoms with Crippen molar-refractivity contribution in [1.82, 2.24) is 0 Å². The highest BCUT2D eigenvalue weighted by Gasteiger charge is 2.00. The third-order valence-electron chi connectivity index (χ3n) is 1.42. The van der Waals surface area contributed by atoms with Crippen LogP contribution in [0.4, 0.5) is 0 Å². The van der Waals surface area contributed by atoms with Crippen LogP contribution in [0.1, 0.15) is 12.0 Å². The molecule has 0 unspecified atom stereocenters. The van der Waals surface area contributed by atoms with E-state index < -0.39 is 0 Å². The highest BCUT2D eigenvalue weighted by atomic mass is 79.9. The molecule has 0 amide bonds. The summed E-state index contributed by atoms with van der Waals surface area (Å²) in [5.41, 5.74) is 0.669. The topological polar surface area (TPSA) is 20.2 Å². The molecule has 0 spiro atoms. The maximum Gasteiger partial charge on any atom is 0.135 e. The molecule has 0 aliphatic heterocycles. The van der Waals surface area contributed by atoms with Gasteiger partial charge in [0.2, 0.25) is 0 Å². The van der Waals surface area contributed by atoms with E-state index in [0.717, 1.165) is 11.8 Å². The predicted molar refractivity (Wildman–Crippen MR) is 58.4 cm³/mol. The molecule has 0 saturated heterocycles. The smallest absolute Gasteiger partial charge is 0.135 e. The molecule has 0 fully saturated rings. The van der Waals surface area contributed by atoms with Crippen molar-refractivity contribution >= 4 is 27.5 Å². The fourth-order valence-electron chi connectivity index (χ4n) is 0.821. The minimum atomic E-state index is 0.0762. The Hall–Kier alpha value is -0.650. The molecule has 68 valence electrons. The van der Waals surface area contributed by atoms with E-state index in [1.807, 2.05) is 0 Å². The molecule has 0 heterocycles. The third kappa shape index (κ3) is 2.95. The number of benzene rings is 1. The molecule has 0 radical (unpaired) electrons. The van der Waals surface area contributed by atoms with Crippen LogP contribution in [0.15, 0.2) is 18.2 Å². The van der Waals surface area contributed by atoms with Crippen molar-refractivity contribution < 1.29 is 5.11 Å². The Kier molecular flexibility index (Phi) is 4.14. The van der Waals surface area contributed by atoms with Gasteiger partial charge in [-0.1, -0.05) is 45.4 Å². The van der Waals surface area contributed by atoms with Gasteiger partial charge in [-0.25, -0.2) is 0 Å². The van der Waals surface area contributed by atoms with Gasteiger partial charge in [0.05, 0.1) is 5.02 Å². The van der Waals surface area contributed by atoms with Crippen LogP contribution in [-0.4, -0.2) is 10.4 Å². The quantitative estimate of drug-likeness (QED) is 0.607. The van der Waals surface area contributed by atoms with Crippen LogP contribution in [0.3, 0.4) is 0 Å². The van der Waals surface area contributed by atoms with E-state index in [2.05, 4.69) is 27.8 Å². The van der Waals surface area contributed by atoms with Crippen molar-refractivity contribution in [2.45, 2.75) is 6.42 Å². The number of hydrogen-bond donors (Lipinski definition) is 1. The summed E-state index contributed by atoms with van der Waals surface area (Å²) in [6.07, 6.45) is 0.770. The lowest BCUT2D eigenvalue weighted by molar-refractivity contribution is 0.475. The fraction of sp³-hybridized carbons (Fsp3) is 0.200. The van der Waals surface area contributed by atoms with Gasteiger partial charge < -0.3 is 5.11 Å². The van der Waals surface area contributed by atoms with E-state index in [4.69, 9.17) is 11.6 Å². The van der Waals surface area contributed by atoms with Crippen LogP contribution >= 0.6 is 27.5 Å². The van der Waals surface area contributed by atoms with Crippen molar-refractivity contribution in [1.29, 1.82) is 0 Å². The minimum Gasteiger partial charge on any atom is -0.506 e. The van der Waals surface area contributed by atoms with E-state index >= 15 is 0 Å². The number of hydrogen-bond acceptors (Lipinski definition) is 1. The Balaban J connectivity index is 2.91. The number of aromatic hydroxyl groups is 1. The SMILES string of the molecule is Oc1cccc(C#CCCBr)c1Cl. The fourth-order valence-corrected chi connectivity index (χ4v) is 1.19. The summed E-state index contributed by atoms with van der Waals surface area (Å²) < 4.78 is 0. The van der Waals surface area contributed by atoms with Crippen LogP contribution in [0, 0.1) is 11.8 Å². The first-order chi connectivity index (χ1) is 6.25. The van der Waals surface area contributed by atoms with Gasteiger partial charge in [0.1, 0.15) is 5.75 Å². The molecule has 1 N–H and O–H groups in total. The average molecular weight is 260 g/mol. The zero-order chi connectivity index (χ0) is 9.68. The number of halogens is 2. The van der Waals surface area contributed by atoms with Crippen LogP contribution in [-0.2, 0) is 0 Å². The largest absolute Gasteiger partial charge is 0.506 e. The molecule has 1 nitrogen and oxygen atoms in total. The first-order valence-electron chi connectivity index (χ1n) is 3.78. The summed E-state index contributed by atoms with van der Waals surface area (Å²) in [4.78, 5) is 0. The summed E-state index contributed by atoms with van der Waals surface area (Å²) in [5, 5.41) is 10.4. The van der Waals surface area contributed by atoms with E-state index in [-0.39, 0.29) is 5.75 Å². The van der Waals surface area contributed by atoms with Gasteiger partial charge in [-0.05, 0) is 12.1 Å². The van der Waals surface area contributed by atoms with Crippen molar-refractivity contribution in [3.63, 3.8) is 0 Å². The third-order valence-corrected chi connectivity index (χ3v) is 2.21. The standard InChI is InChI=1S/C10H8BrClO/c11-7-2-1-4-8-5-3-6-9(13)10(8)12/h3,5-6,13H,2,7H2. The number of phenols is 1. The second-order valence-corrected chi connectivity index (χ2v) is 3.55. The number of rotatable bonds is 1. The summed E-state index contributed by atoms with van der Waals surface area (Å²) in [7, 11) is 0. The Bertz CT molecular complexity index is 352. The van der Waals surface area contributed by atoms with Crippen molar-refractivity contribution in [2.75, 3.05) is 5.33 Å². The normalized spacial score (nSPS) is 9.08. The van der Waals surface area contributed by atoms with Gasteiger partial charge in [-0.3, -0.25) is 0 Å². The first-order valence-corrected chi connectivity index (χ1v) is 5.28. The van der Waals surface area contributed by atoms with Crippen LogP contribution in [0.5, 0.6) is 5.75 Å². The number of alkyl halides is 1. The molecule has 0 aliphatic rings. The zero-order valence-corrected chi connectivity index (χ0v) is 9.19. The minimum absolute atomic E-state index is 0.0762. The molecule has 0 aromatic heterocycles. The zero-order valence-electron chi connectivity index (χ0n) is 6.85. The van der Waals surface area contributed by atoms with E-state index in [9.17, 15) is 5.11 Å². The monoisotopic (exact) mass is 258 g/mol. The Labute approximate surface area is 90.9 Å². The van der Waals surface area contributed by atoms with Gasteiger partial charge in [0.15, 0.2) is 0 Å². The van der Waals surface area contributed by atoms with Gasteiger partial charge in [-0.2, -0.15) is 0 Å². The van der Waals surface area contributed by atoms with Crippen LogP contribution in [0.25, 0.3) is 0 Å². The van der Waals surface area contributed by atoms with Crippen molar-refractivity contribution in [2.24, 2.45) is 0 Å². The molecule has 1 aromatic rings. The second-order valence-electron chi connectivity index (χ2n) is 2.38. The molecular weight excluding hydrogens is 251 g/mol. The Morgan fingerprint density at radius 3 is 2.92 bits per heavy atom. The van der Waals surface area contributed by atoms with Gasteiger partial charge in [0.25, 0.3) is 0 Å². The molecule has 0 aliphatic carbocycles. The van der Waals surface area contributed by atoms with E-state index in [1.54, 1.807) is 12.1 Å². The summed E-state index contributed by atoms with van der Waals surface area (Å²) in [5.74, 6) is 5.89. The molecule has 0 bridgehead atoms. The first kappa shape index (κ1) is 10.4. The van der Waals surface area contributed by atoms with E-state index in [0.29, 0.717) is 10.6 Å². The van der Waals surface area contributed by atoms with Crippen molar-refractivity contribution in [3.05, 3.63) is 28.8 Å². The predicted octanol–water partition coefficient (Wildman–Crippen LogP) is 3.18. The summed E-state index contributed by atoms with van der Waals surface area (Å²) >= 11 is 9.08. The number of phenolic OH excluding ortho intramolecular Hbond substituents is 1. The van der Waals surface area contributed by atoms with Crippen molar-refractivity contribution in [3.8, 4) is 17.6 Å². The molecule has 0 saturated carbocycles. The summed E-state index contributed by atoms with van der Waals surface area (Å²) in [6.45, 7) is 0.